The number of carbonyl (C=O) groups is 2. The third-order valence-corrected chi connectivity index (χ3v) is 6.85. The average molecular weight is 422 g/mol. The number of ketones is 1. The van der Waals surface area contributed by atoms with Crippen molar-refractivity contribution >= 4 is 34.5 Å². The second-order valence-electron chi connectivity index (χ2n) is 7.54. The van der Waals surface area contributed by atoms with E-state index in [9.17, 15) is 14.9 Å². The van der Waals surface area contributed by atoms with Crippen molar-refractivity contribution in [2.24, 2.45) is 0 Å². The van der Waals surface area contributed by atoms with Crippen LogP contribution < -0.4 is 9.80 Å². The van der Waals surface area contributed by atoms with Gasteiger partial charge in [0.2, 0.25) is 5.78 Å². The van der Waals surface area contributed by atoms with E-state index in [0.717, 1.165) is 37.1 Å². The number of anilines is 2. The number of hydrogen-bond acceptors (Lipinski definition) is 7. The Hall–Kier alpha value is -3.11. The van der Waals surface area contributed by atoms with E-state index in [0.29, 0.717) is 10.7 Å². The summed E-state index contributed by atoms with van der Waals surface area (Å²) in [5, 5.41) is 9.67. The molecule has 2 aromatic rings. The van der Waals surface area contributed by atoms with Crippen molar-refractivity contribution in [3.8, 4) is 6.07 Å². The number of aryl methyl sites for hydroxylation is 2. The number of esters is 1. The summed E-state index contributed by atoms with van der Waals surface area (Å²) in [7, 11) is 3.63. The Morgan fingerprint density at radius 3 is 2.43 bits per heavy atom. The first-order valence-corrected chi connectivity index (χ1v) is 10.9. The maximum Gasteiger partial charge on any atom is 0.348 e. The predicted octanol–water partition coefficient (Wildman–Crippen LogP) is 4.06. The van der Waals surface area contributed by atoms with E-state index in [-0.39, 0.29) is 5.57 Å². The van der Waals surface area contributed by atoms with Gasteiger partial charge in [-0.05, 0) is 49.4 Å². The number of thiophene rings is 1. The van der Waals surface area contributed by atoms with E-state index in [4.69, 9.17) is 4.74 Å². The molecule has 2 heterocycles. The quantitative estimate of drug-likeness (QED) is 0.321. The zero-order valence-electron chi connectivity index (χ0n) is 17.1. The number of ether oxygens (including phenoxy) is 1. The average Bonchev–Trinajstić information content (AvgIpc) is 3.18. The Morgan fingerprint density at radius 1 is 1.10 bits per heavy atom. The van der Waals surface area contributed by atoms with Crippen molar-refractivity contribution in [2.45, 2.75) is 32.1 Å². The molecule has 30 heavy (non-hydrogen) atoms. The van der Waals surface area contributed by atoms with Gasteiger partial charge in [0.1, 0.15) is 22.3 Å². The van der Waals surface area contributed by atoms with Crippen molar-refractivity contribution in [1.82, 2.24) is 0 Å². The van der Waals surface area contributed by atoms with Crippen LogP contribution in [0.25, 0.3) is 0 Å². The van der Waals surface area contributed by atoms with Gasteiger partial charge in [-0.15, -0.1) is 11.3 Å². The molecule has 1 aliphatic carbocycles. The molecule has 1 aromatic carbocycles. The molecule has 1 aromatic heterocycles. The predicted molar refractivity (Wildman–Crippen MR) is 117 cm³/mol. The van der Waals surface area contributed by atoms with Crippen LogP contribution in [0.15, 0.2) is 41.7 Å². The van der Waals surface area contributed by atoms with Gasteiger partial charge in [0.25, 0.3) is 0 Å². The normalized spacial score (nSPS) is 15.2. The molecule has 0 fully saturated rings. The topological polar surface area (TPSA) is 73.6 Å². The highest BCUT2D eigenvalue weighted by Gasteiger charge is 2.31. The number of Topliss-reactive ketones (excluding diaryl/α,β-unsaturated/α-hetero) is 1. The molecular weight excluding hydrogens is 398 g/mol. The Kier molecular flexibility index (Phi) is 5.60. The molecule has 154 valence electrons. The van der Waals surface area contributed by atoms with Crippen LogP contribution in [-0.4, -0.2) is 32.5 Å². The lowest BCUT2D eigenvalue weighted by Gasteiger charge is -2.19. The zero-order chi connectivity index (χ0) is 21.3. The number of rotatable bonds is 4. The molecule has 0 bridgehead atoms. The van der Waals surface area contributed by atoms with Gasteiger partial charge in [0, 0.05) is 19.0 Å². The summed E-state index contributed by atoms with van der Waals surface area (Å²) >= 11 is 1.46. The first kappa shape index (κ1) is 20.2. The van der Waals surface area contributed by atoms with E-state index < -0.39 is 18.4 Å². The molecule has 0 atom stereocenters. The van der Waals surface area contributed by atoms with Gasteiger partial charge in [0.15, 0.2) is 6.61 Å². The number of para-hydroxylation sites is 2. The molecule has 4 rings (SSSR count). The first-order valence-electron chi connectivity index (χ1n) is 10.0. The van der Waals surface area contributed by atoms with Gasteiger partial charge >= 0.3 is 5.97 Å². The van der Waals surface area contributed by atoms with Gasteiger partial charge in [-0.1, -0.05) is 18.6 Å². The second kappa shape index (κ2) is 8.33. The number of nitrogens with zero attached hydrogens (tertiary/aromatic N) is 3. The van der Waals surface area contributed by atoms with Crippen LogP contribution in [0.3, 0.4) is 0 Å². The summed E-state index contributed by atoms with van der Waals surface area (Å²) in [5.41, 5.74) is 3.02. The van der Waals surface area contributed by atoms with Crippen LogP contribution in [0.4, 0.5) is 11.4 Å². The number of benzene rings is 1. The number of carbonyl (C=O) groups excluding carboxylic acids is 2. The van der Waals surface area contributed by atoms with Crippen molar-refractivity contribution in [3.05, 3.63) is 57.0 Å². The van der Waals surface area contributed by atoms with Crippen LogP contribution >= 0.6 is 11.3 Å². The Morgan fingerprint density at radius 2 is 1.77 bits per heavy atom. The Balaban J connectivity index is 1.49. The lowest BCUT2D eigenvalue weighted by molar-refractivity contribution is -0.118. The highest BCUT2D eigenvalue weighted by atomic mass is 32.1. The van der Waals surface area contributed by atoms with E-state index in [1.54, 1.807) is 0 Å². The minimum Gasteiger partial charge on any atom is -0.453 e. The maximum absolute atomic E-state index is 12.8. The molecule has 0 radical (unpaired) electrons. The fourth-order valence-electron chi connectivity index (χ4n) is 4.10. The molecular formula is C23H23N3O3S. The third-order valence-electron chi connectivity index (χ3n) is 5.64. The molecule has 1 aliphatic heterocycles. The Labute approximate surface area is 180 Å². The minimum atomic E-state index is -0.509. The molecule has 0 saturated carbocycles. The van der Waals surface area contributed by atoms with Gasteiger partial charge in [0.05, 0.1) is 11.4 Å². The standard InChI is InChI=1S/C23H23N3O3S/c1-25-17-9-6-7-10-18(17)26(2)22(25)16(13-24)19(27)14-29-23(28)21-12-15-8-4-3-5-11-20(15)30-21/h6-7,9-10,12H,3-5,8,11,14H2,1-2H3. The van der Waals surface area contributed by atoms with Crippen LogP contribution in [0.1, 0.15) is 39.4 Å². The fraction of sp³-hybridized carbons (Fsp3) is 0.348. The maximum atomic E-state index is 12.8. The van der Waals surface area contributed by atoms with E-state index >= 15 is 0 Å². The van der Waals surface area contributed by atoms with E-state index in [2.05, 4.69) is 0 Å². The minimum absolute atomic E-state index is 0.0223. The molecule has 0 amide bonds. The summed E-state index contributed by atoms with van der Waals surface area (Å²) in [4.78, 5) is 30.7. The van der Waals surface area contributed by atoms with Crippen LogP contribution in [0, 0.1) is 11.3 Å². The third kappa shape index (κ3) is 3.59. The van der Waals surface area contributed by atoms with Crippen molar-refractivity contribution in [3.63, 3.8) is 0 Å². The molecule has 0 unspecified atom stereocenters. The zero-order valence-corrected chi connectivity index (χ0v) is 17.9. The smallest absolute Gasteiger partial charge is 0.348 e. The molecule has 2 aliphatic rings. The van der Waals surface area contributed by atoms with Crippen LogP contribution in [-0.2, 0) is 22.4 Å². The largest absolute Gasteiger partial charge is 0.453 e. The summed E-state index contributed by atoms with van der Waals surface area (Å²) in [5.74, 6) is -0.520. The summed E-state index contributed by atoms with van der Waals surface area (Å²) in [6, 6.07) is 11.6. The number of hydrogen-bond donors (Lipinski definition) is 0. The summed E-state index contributed by atoms with van der Waals surface area (Å²) in [6.45, 7) is -0.453. The SMILES string of the molecule is CN1C(=C(C#N)C(=O)COC(=O)c2cc3c(s2)CCCCC3)N(C)c2ccccc21. The molecule has 0 N–H and O–H groups in total. The van der Waals surface area contributed by atoms with Crippen molar-refractivity contribution in [2.75, 3.05) is 30.5 Å². The molecule has 6 nitrogen and oxygen atoms in total. The van der Waals surface area contributed by atoms with E-state index in [1.165, 1.54) is 28.2 Å². The lowest BCUT2D eigenvalue weighted by Crippen LogP contribution is -2.27. The van der Waals surface area contributed by atoms with Gasteiger partial charge in [-0.25, -0.2) is 4.79 Å². The molecule has 0 spiro atoms. The molecule has 0 saturated heterocycles. The van der Waals surface area contributed by atoms with Crippen LogP contribution in [0.2, 0.25) is 0 Å². The highest BCUT2D eigenvalue weighted by Crippen LogP contribution is 2.40. The summed E-state index contributed by atoms with van der Waals surface area (Å²) in [6.07, 6.45) is 5.48. The van der Waals surface area contributed by atoms with Crippen molar-refractivity contribution in [1.29, 1.82) is 5.26 Å². The van der Waals surface area contributed by atoms with Crippen LogP contribution in [0.5, 0.6) is 0 Å². The van der Waals surface area contributed by atoms with Gasteiger partial charge in [-0.3, -0.25) is 4.79 Å². The lowest BCUT2D eigenvalue weighted by atomic mass is 10.1. The highest BCUT2D eigenvalue weighted by molar-refractivity contribution is 7.14. The fourth-order valence-corrected chi connectivity index (χ4v) is 5.25. The second-order valence-corrected chi connectivity index (χ2v) is 8.67. The number of nitriles is 1. The molecule has 7 heteroatoms. The first-order chi connectivity index (χ1) is 14.5. The summed E-state index contributed by atoms with van der Waals surface area (Å²) < 4.78 is 5.29. The monoisotopic (exact) mass is 421 g/mol. The Bertz CT molecular complexity index is 1030. The van der Waals surface area contributed by atoms with Crippen molar-refractivity contribution < 1.29 is 14.3 Å². The van der Waals surface area contributed by atoms with Gasteiger partial charge < -0.3 is 14.5 Å². The number of fused-ring (bicyclic) bond motifs is 2. The van der Waals surface area contributed by atoms with Gasteiger partial charge in [-0.2, -0.15) is 5.26 Å². The van der Waals surface area contributed by atoms with E-state index in [1.807, 2.05) is 60.3 Å².